The molecular weight excluding hydrogens is 378 g/mol. The van der Waals surface area contributed by atoms with Gasteiger partial charge in [0, 0.05) is 11.6 Å². The van der Waals surface area contributed by atoms with E-state index >= 15 is 0 Å². The van der Waals surface area contributed by atoms with Gasteiger partial charge in [0.25, 0.3) is 0 Å². The minimum Gasteiger partial charge on any atom is -0.482 e. The van der Waals surface area contributed by atoms with Crippen LogP contribution in [0.1, 0.15) is 23.5 Å². The van der Waals surface area contributed by atoms with Crippen LogP contribution in [0, 0.1) is 0 Å². The molecule has 2 N–H and O–H groups in total. The maximum absolute atomic E-state index is 12.4. The van der Waals surface area contributed by atoms with Crippen LogP contribution in [-0.2, 0) is 21.2 Å². The molecule has 2 aromatic carbocycles. The lowest BCUT2D eigenvalue weighted by molar-refractivity contribution is -0.139. The Morgan fingerprint density at radius 3 is 2.65 bits per heavy atom. The Morgan fingerprint density at radius 1 is 1.23 bits per heavy atom. The standard InChI is InChI=1S/C18H18ClNO5S/c19-14-3-6-16(7-4-14)26(23,24)20-10-13-2-1-12-9-15(5-8-17(12)13)25-11-18(21)22/h3-9,13,20H,1-2,10-11H2,(H,21,22). The Morgan fingerprint density at radius 2 is 1.96 bits per heavy atom. The zero-order valence-electron chi connectivity index (χ0n) is 13.8. The fourth-order valence-corrected chi connectivity index (χ4v) is 4.24. The van der Waals surface area contributed by atoms with E-state index in [0.717, 1.165) is 24.0 Å². The highest BCUT2D eigenvalue weighted by Crippen LogP contribution is 2.35. The number of hydrogen-bond acceptors (Lipinski definition) is 4. The third-order valence-corrected chi connectivity index (χ3v) is 6.01. The second-order valence-electron chi connectivity index (χ2n) is 6.08. The summed E-state index contributed by atoms with van der Waals surface area (Å²) in [7, 11) is -3.59. The molecule has 0 saturated heterocycles. The first-order valence-corrected chi connectivity index (χ1v) is 9.94. The third-order valence-electron chi connectivity index (χ3n) is 4.32. The first kappa shape index (κ1) is 18.7. The Bertz CT molecular complexity index is 912. The van der Waals surface area contributed by atoms with Crippen molar-refractivity contribution in [3.05, 3.63) is 58.6 Å². The van der Waals surface area contributed by atoms with E-state index in [1.54, 1.807) is 18.2 Å². The molecule has 0 radical (unpaired) electrons. The van der Waals surface area contributed by atoms with Gasteiger partial charge >= 0.3 is 5.97 Å². The van der Waals surface area contributed by atoms with E-state index in [4.69, 9.17) is 21.4 Å². The molecule has 0 saturated carbocycles. The molecule has 26 heavy (non-hydrogen) atoms. The number of halogens is 1. The van der Waals surface area contributed by atoms with Crippen molar-refractivity contribution < 1.29 is 23.1 Å². The second kappa shape index (κ2) is 7.65. The second-order valence-corrected chi connectivity index (χ2v) is 8.29. The molecule has 138 valence electrons. The number of fused-ring (bicyclic) bond motifs is 1. The first-order chi connectivity index (χ1) is 12.3. The van der Waals surface area contributed by atoms with Gasteiger partial charge in [0.1, 0.15) is 5.75 Å². The summed E-state index contributed by atoms with van der Waals surface area (Å²) in [4.78, 5) is 10.8. The fourth-order valence-electron chi connectivity index (χ4n) is 3.04. The Balaban J connectivity index is 1.66. The number of nitrogens with one attached hydrogen (secondary N) is 1. The third kappa shape index (κ3) is 4.35. The van der Waals surface area contributed by atoms with E-state index in [-0.39, 0.29) is 17.4 Å². The monoisotopic (exact) mass is 395 g/mol. The van der Waals surface area contributed by atoms with Crippen LogP contribution in [0.4, 0.5) is 0 Å². The van der Waals surface area contributed by atoms with Gasteiger partial charge in [-0.15, -0.1) is 0 Å². The van der Waals surface area contributed by atoms with E-state index in [9.17, 15) is 13.2 Å². The number of carboxylic acids is 1. The van der Waals surface area contributed by atoms with Crippen LogP contribution >= 0.6 is 11.6 Å². The predicted molar refractivity (Wildman–Crippen MR) is 97.3 cm³/mol. The maximum Gasteiger partial charge on any atom is 0.341 e. The van der Waals surface area contributed by atoms with Crippen LogP contribution in [-0.4, -0.2) is 32.6 Å². The smallest absolute Gasteiger partial charge is 0.341 e. The van der Waals surface area contributed by atoms with E-state index in [1.807, 2.05) is 12.1 Å². The van der Waals surface area contributed by atoms with Crippen molar-refractivity contribution in [2.24, 2.45) is 0 Å². The summed E-state index contributed by atoms with van der Waals surface area (Å²) >= 11 is 5.79. The number of sulfonamides is 1. The molecule has 0 heterocycles. The maximum atomic E-state index is 12.4. The molecule has 1 atom stereocenters. The lowest BCUT2D eigenvalue weighted by Gasteiger charge is -2.14. The Labute approximate surface area is 156 Å². The average molecular weight is 396 g/mol. The minimum absolute atomic E-state index is 0.0700. The van der Waals surface area contributed by atoms with Crippen molar-refractivity contribution in [2.75, 3.05) is 13.2 Å². The summed E-state index contributed by atoms with van der Waals surface area (Å²) in [6, 6.07) is 11.4. The summed E-state index contributed by atoms with van der Waals surface area (Å²) < 4.78 is 32.6. The summed E-state index contributed by atoms with van der Waals surface area (Å²) in [5, 5.41) is 9.15. The SMILES string of the molecule is O=C(O)COc1ccc2c(c1)CCC2CNS(=O)(=O)c1ccc(Cl)cc1. The minimum atomic E-state index is -3.59. The van der Waals surface area contributed by atoms with E-state index in [0.29, 0.717) is 17.3 Å². The van der Waals surface area contributed by atoms with Gasteiger partial charge in [0.05, 0.1) is 4.90 Å². The van der Waals surface area contributed by atoms with Gasteiger partial charge in [-0.3, -0.25) is 0 Å². The first-order valence-electron chi connectivity index (χ1n) is 8.08. The number of benzene rings is 2. The van der Waals surface area contributed by atoms with Gasteiger partial charge in [-0.2, -0.15) is 0 Å². The van der Waals surface area contributed by atoms with Gasteiger partial charge in [-0.25, -0.2) is 17.9 Å². The fraction of sp³-hybridized carbons (Fsp3) is 0.278. The molecule has 0 aliphatic heterocycles. The highest BCUT2D eigenvalue weighted by molar-refractivity contribution is 7.89. The molecule has 0 fully saturated rings. The molecular formula is C18H18ClNO5S. The molecule has 0 amide bonds. The van der Waals surface area contributed by atoms with Gasteiger partial charge in [0.15, 0.2) is 6.61 Å². The number of carboxylic acid groups (broad SMARTS) is 1. The molecule has 1 aliphatic rings. The Hall–Kier alpha value is -2.09. The van der Waals surface area contributed by atoms with Crippen molar-refractivity contribution in [3.63, 3.8) is 0 Å². The largest absolute Gasteiger partial charge is 0.482 e. The number of aryl methyl sites for hydroxylation is 1. The van der Waals surface area contributed by atoms with Crippen LogP contribution in [0.25, 0.3) is 0 Å². The molecule has 8 heteroatoms. The van der Waals surface area contributed by atoms with Crippen molar-refractivity contribution in [3.8, 4) is 5.75 Å². The normalized spacial score (nSPS) is 16.3. The van der Waals surface area contributed by atoms with Crippen molar-refractivity contribution >= 4 is 27.6 Å². The van der Waals surface area contributed by atoms with Gasteiger partial charge < -0.3 is 9.84 Å². The van der Waals surface area contributed by atoms with Crippen molar-refractivity contribution in [2.45, 2.75) is 23.7 Å². The zero-order valence-corrected chi connectivity index (χ0v) is 15.4. The van der Waals surface area contributed by atoms with Crippen LogP contribution in [0.2, 0.25) is 5.02 Å². The molecule has 1 aliphatic carbocycles. The lowest BCUT2D eigenvalue weighted by Crippen LogP contribution is -2.27. The lowest BCUT2D eigenvalue weighted by atomic mass is 10.0. The van der Waals surface area contributed by atoms with E-state index in [2.05, 4.69) is 4.72 Å². The number of hydrogen-bond donors (Lipinski definition) is 2. The van der Waals surface area contributed by atoms with Crippen molar-refractivity contribution in [1.82, 2.24) is 4.72 Å². The summed E-state index contributed by atoms with van der Waals surface area (Å²) in [6.07, 6.45) is 1.62. The molecule has 0 aromatic heterocycles. The van der Waals surface area contributed by atoms with Crippen LogP contribution < -0.4 is 9.46 Å². The quantitative estimate of drug-likeness (QED) is 0.752. The van der Waals surface area contributed by atoms with Gasteiger partial charge in [-0.1, -0.05) is 17.7 Å². The highest BCUT2D eigenvalue weighted by Gasteiger charge is 2.25. The molecule has 6 nitrogen and oxygen atoms in total. The topological polar surface area (TPSA) is 92.7 Å². The van der Waals surface area contributed by atoms with Crippen molar-refractivity contribution in [1.29, 1.82) is 0 Å². The van der Waals surface area contributed by atoms with E-state index in [1.165, 1.54) is 12.1 Å². The molecule has 3 rings (SSSR count). The summed E-state index contributed by atoms with van der Waals surface area (Å²) in [5.74, 6) is -0.450. The summed E-state index contributed by atoms with van der Waals surface area (Å²) in [6.45, 7) is -0.0869. The van der Waals surface area contributed by atoms with E-state index < -0.39 is 16.0 Å². The van der Waals surface area contributed by atoms with Gasteiger partial charge in [-0.05, 0) is 66.3 Å². The average Bonchev–Trinajstić information content (AvgIpc) is 3.01. The van der Waals surface area contributed by atoms with Crippen LogP contribution in [0.15, 0.2) is 47.4 Å². The van der Waals surface area contributed by atoms with Gasteiger partial charge in [0.2, 0.25) is 10.0 Å². The molecule has 0 bridgehead atoms. The number of rotatable bonds is 7. The number of carbonyl (C=O) groups is 1. The zero-order chi connectivity index (χ0) is 18.7. The summed E-state index contributed by atoms with van der Waals surface area (Å²) in [5.41, 5.74) is 2.12. The Kier molecular flexibility index (Phi) is 5.50. The van der Waals surface area contributed by atoms with Crippen LogP contribution in [0.3, 0.4) is 0 Å². The highest BCUT2D eigenvalue weighted by atomic mass is 35.5. The molecule has 1 unspecified atom stereocenters. The molecule has 0 spiro atoms. The predicted octanol–water partition coefficient (Wildman–Crippen LogP) is 2.81. The number of aliphatic carboxylic acids is 1. The molecule has 2 aromatic rings. The van der Waals surface area contributed by atoms with Crippen LogP contribution in [0.5, 0.6) is 5.75 Å². The number of ether oxygens (including phenoxy) is 1.